The van der Waals surface area contributed by atoms with E-state index in [0.717, 1.165) is 12.1 Å². The quantitative estimate of drug-likeness (QED) is 0.700. The Balaban J connectivity index is 2.84. The molecule has 0 aliphatic heterocycles. The van der Waals surface area contributed by atoms with Gasteiger partial charge in [0.15, 0.2) is 11.6 Å². The molecule has 0 aliphatic carbocycles. The Morgan fingerprint density at radius 1 is 1.38 bits per heavy atom. The zero-order valence-electron chi connectivity index (χ0n) is 8.86. The minimum atomic E-state index is -3.71. The maximum Gasteiger partial charge on any atom is 0.299 e. The first kappa shape index (κ1) is 12.7. The molecule has 0 aliphatic rings. The van der Waals surface area contributed by atoms with Crippen LogP contribution in [0.2, 0.25) is 0 Å². The van der Waals surface area contributed by atoms with E-state index in [-0.39, 0.29) is 11.7 Å². The van der Waals surface area contributed by atoms with Crippen LogP contribution < -0.4 is 9.44 Å². The van der Waals surface area contributed by atoms with Gasteiger partial charge in [-0.15, -0.1) is 0 Å². The summed E-state index contributed by atoms with van der Waals surface area (Å²) in [5, 5.41) is 8.92. The van der Waals surface area contributed by atoms with E-state index in [1.165, 1.54) is 6.07 Å². The van der Waals surface area contributed by atoms with Gasteiger partial charge in [0, 0.05) is 12.1 Å². The summed E-state index contributed by atoms with van der Waals surface area (Å²) >= 11 is 0. The number of nitrogens with one attached hydrogen (secondary N) is 2. The van der Waals surface area contributed by atoms with E-state index >= 15 is 0 Å². The highest BCUT2D eigenvalue weighted by molar-refractivity contribution is 7.90. The summed E-state index contributed by atoms with van der Waals surface area (Å²) in [6.45, 7) is 3.33. The minimum Gasteiger partial charge on any atom is -0.505 e. The van der Waals surface area contributed by atoms with Crippen LogP contribution in [0.4, 0.5) is 10.1 Å². The second-order valence-corrected chi connectivity index (χ2v) is 4.99. The maximum atomic E-state index is 12.9. The lowest BCUT2D eigenvalue weighted by molar-refractivity contribution is 0.432. The first-order valence-corrected chi connectivity index (χ1v) is 6.07. The lowest BCUT2D eigenvalue weighted by Crippen LogP contribution is -2.35. The van der Waals surface area contributed by atoms with Crippen molar-refractivity contribution in [1.29, 1.82) is 0 Å². The van der Waals surface area contributed by atoms with Gasteiger partial charge >= 0.3 is 0 Å². The van der Waals surface area contributed by atoms with Crippen molar-refractivity contribution in [1.82, 2.24) is 4.72 Å². The molecule has 0 unspecified atom stereocenters. The fourth-order valence-corrected chi connectivity index (χ4v) is 2.18. The second kappa shape index (κ2) is 4.67. The van der Waals surface area contributed by atoms with Crippen LogP contribution in [0.15, 0.2) is 18.2 Å². The first-order chi connectivity index (χ1) is 7.30. The van der Waals surface area contributed by atoms with Crippen LogP contribution in [0.5, 0.6) is 5.75 Å². The van der Waals surface area contributed by atoms with Crippen LogP contribution in [0.1, 0.15) is 13.8 Å². The molecule has 3 N–H and O–H groups in total. The fraction of sp³-hybridized carbons (Fsp3) is 0.333. The molecule has 16 heavy (non-hydrogen) atoms. The summed E-state index contributed by atoms with van der Waals surface area (Å²) in [6, 6.07) is 2.97. The Hall–Kier alpha value is -1.34. The molecule has 0 atom stereocenters. The minimum absolute atomic E-state index is 0.0449. The number of halogens is 1. The van der Waals surface area contributed by atoms with Gasteiger partial charge in [0.2, 0.25) is 0 Å². The van der Waals surface area contributed by atoms with Crippen LogP contribution in [0.25, 0.3) is 0 Å². The van der Waals surface area contributed by atoms with Crippen molar-refractivity contribution in [2.45, 2.75) is 19.9 Å². The average Bonchev–Trinajstić information content (AvgIpc) is 2.08. The van der Waals surface area contributed by atoms with Crippen molar-refractivity contribution < 1.29 is 17.9 Å². The van der Waals surface area contributed by atoms with E-state index in [0.29, 0.717) is 0 Å². The number of benzene rings is 1. The predicted molar refractivity (Wildman–Crippen MR) is 58.9 cm³/mol. The molecule has 0 saturated heterocycles. The molecule has 0 amide bonds. The van der Waals surface area contributed by atoms with Gasteiger partial charge in [-0.1, -0.05) is 0 Å². The molecular formula is C9H13FN2O3S. The number of hydrogen-bond donors (Lipinski definition) is 3. The zero-order chi connectivity index (χ0) is 12.3. The van der Waals surface area contributed by atoms with Crippen LogP contribution >= 0.6 is 0 Å². The van der Waals surface area contributed by atoms with Crippen molar-refractivity contribution in [3.8, 4) is 5.75 Å². The van der Waals surface area contributed by atoms with Gasteiger partial charge in [-0.3, -0.25) is 4.72 Å². The number of aromatic hydroxyl groups is 1. The Bertz CT molecular complexity index is 474. The van der Waals surface area contributed by atoms with Crippen LogP contribution in [0.3, 0.4) is 0 Å². The van der Waals surface area contributed by atoms with Crippen molar-refractivity contribution in [2.24, 2.45) is 0 Å². The molecule has 0 aromatic heterocycles. The first-order valence-electron chi connectivity index (χ1n) is 4.59. The number of phenols is 1. The molecule has 1 aromatic carbocycles. The summed E-state index contributed by atoms with van der Waals surface area (Å²) in [4.78, 5) is 0. The molecular weight excluding hydrogens is 235 g/mol. The summed E-state index contributed by atoms with van der Waals surface area (Å²) in [7, 11) is -3.71. The van der Waals surface area contributed by atoms with E-state index < -0.39 is 21.8 Å². The largest absolute Gasteiger partial charge is 0.505 e. The SMILES string of the molecule is CC(C)NS(=O)(=O)Nc1ccc(O)c(F)c1. The molecule has 90 valence electrons. The standard InChI is InChI=1S/C9H13FN2O3S/c1-6(2)11-16(14,15)12-7-3-4-9(13)8(10)5-7/h3-6,11-13H,1-2H3. The fourth-order valence-electron chi connectivity index (χ4n) is 1.07. The summed E-state index contributed by atoms with van der Waals surface area (Å²) in [5.74, 6) is -1.41. The molecule has 0 spiro atoms. The maximum absolute atomic E-state index is 12.9. The third kappa shape index (κ3) is 3.67. The van der Waals surface area contributed by atoms with E-state index in [1.807, 2.05) is 0 Å². The van der Waals surface area contributed by atoms with E-state index in [1.54, 1.807) is 13.8 Å². The Labute approximate surface area is 93.5 Å². The molecule has 0 heterocycles. The van der Waals surface area contributed by atoms with Gasteiger partial charge in [-0.2, -0.15) is 13.1 Å². The van der Waals surface area contributed by atoms with Gasteiger partial charge in [0.1, 0.15) is 0 Å². The van der Waals surface area contributed by atoms with Crippen molar-refractivity contribution in [3.05, 3.63) is 24.0 Å². The third-order valence-corrected chi connectivity index (χ3v) is 2.88. The molecule has 1 aromatic rings. The molecule has 0 bridgehead atoms. The lowest BCUT2D eigenvalue weighted by Gasteiger charge is -2.11. The molecule has 5 nitrogen and oxygen atoms in total. The predicted octanol–water partition coefficient (Wildman–Crippen LogP) is 1.19. The van der Waals surface area contributed by atoms with Gasteiger partial charge in [0.05, 0.1) is 5.69 Å². The summed E-state index contributed by atoms with van der Waals surface area (Å²) in [6.07, 6.45) is 0. The third-order valence-electron chi connectivity index (χ3n) is 1.59. The van der Waals surface area contributed by atoms with Crippen LogP contribution in [0, 0.1) is 5.82 Å². The molecule has 0 fully saturated rings. The highest BCUT2D eigenvalue weighted by Crippen LogP contribution is 2.19. The van der Waals surface area contributed by atoms with Crippen molar-refractivity contribution in [3.63, 3.8) is 0 Å². The normalized spacial score (nSPS) is 11.8. The van der Waals surface area contributed by atoms with E-state index in [2.05, 4.69) is 9.44 Å². The van der Waals surface area contributed by atoms with Gasteiger partial charge < -0.3 is 5.11 Å². The van der Waals surface area contributed by atoms with Gasteiger partial charge in [-0.05, 0) is 26.0 Å². The second-order valence-electron chi connectivity index (χ2n) is 3.54. The summed E-state index contributed by atoms with van der Waals surface area (Å²) < 4.78 is 40.1. The lowest BCUT2D eigenvalue weighted by atomic mass is 10.3. The highest BCUT2D eigenvalue weighted by atomic mass is 32.2. The molecule has 7 heteroatoms. The van der Waals surface area contributed by atoms with E-state index in [4.69, 9.17) is 5.11 Å². The molecule has 0 saturated carbocycles. The Kier molecular flexibility index (Phi) is 3.71. The zero-order valence-corrected chi connectivity index (χ0v) is 9.68. The molecule has 0 radical (unpaired) electrons. The highest BCUT2D eigenvalue weighted by Gasteiger charge is 2.12. The van der Waals surface area contributed by atoms with Crippen molar-refractivity contribution >= 4 is 15.9 Å². The van der Waals surface area contributed by atoms with Gasteiger partial charge in [0.25, 0.3) is 10.2 Å². The Morgan fingerprint density at radius 3 is 2.50 bits per heavy atom. The topological polar surface area (TPSA) is 78.4 Å². The van der Waals surface area contributed by atoms with E-state index in [9.17, 15) is 12.8 Å². The average molecular weight is 248 g/mol. The summed E-state index contributed by atoms with van der Waals surface area (Å²) in [5.41, 5.74) is 0.0449. The molecule has 1 rings (SSSR count). The Morgan fingerprint density at radius 2 is 2.00 bits per heavy atom. The van der Waals surface area contributed by atoms with Crippen molar-refractivity contribution in [2.75, 3.05) is 4.72 Å². The number of hydrogen-bond acceptors (Lipinski definition) is 3. The smallest absolute Gasteiger partial charge is 0.299 e. The van der Waals surface area contributed by atoms with Gasteiger partial charge in [-0.25, -0.2) is 4.39 Å². The van der Waals surface area contributed by atoms with Crippen LogP contribution in [-0.2, 0) is 10.2 Å². The number of anilines is 1. The number of phenolic OH excluding ortho intramolecular Hbond substituents is 1. The monoisotopic (exact) mass is 248 g/mol. The van der Waals surface area contributed by atoms with Crippen LogP contribution in [-0.4, -0.2) is 19.6 Å². The number of rotatable bonds is 4.